The molecule has 0 amide bonds. The van der Waals surface area contributed by atoms with Crippen LogP contribution in [0.5, 0.6) is 5.75 Å². The number of aliphatic hydroxyl groups is 1. The molecule has 2 aromatic carbocycles. The summed E-state index contributed by atoms with van der Waals surface area (Å²) >= 11 is 0. The molecule has 0 fully saturated rings. The van der Waals surface area contributed by atoms with Gasteiger partial charge in [0, 0.05) is 30.7 Å². The first-order valence-corrected chi connectivity index (χ1v) is 10.5. The number of nitrogens with zero attached hydrogens (tertiary/aromatic N) is 2. The molecule has 0 bridgehead atoms. The van der Waals surface area contributed by atoms with Crippen LogP contribution in [0.15, 0.2) is 65.6 Å². The first-order valence-electron chi connectivity index (χ1n) is 10.5. The second-order valence-corrected chi connectivity index (χ2v) is 7.97. The second kappa shape index (κ2) is 8.96. The lowest BCUT2D eigenvalue weighted by atomic mass is 9.96. The summed E-state index contributed by atoms with van der Waals surface area (Å²) in [6.07, 6.45) is 0.251. The Morgan fingerprint density at radius 3 is 2.30 bits per heavy atom. The Labute approximate surface area is 191 Å². The summed E-state index contributed by atoms with van der Waals surface area (Å²) in [5.41, 5.74) is 3.88. The third kappa shape index (κ3) is 4.03. The molecule has 1 atom stereocenters. The maximum absolute atomic E-state index is 13.4. The van der Waals surface area contributed by atoms with Gasteiger partial charge in [0.25, 0.3) is 5.56 Å². The van der Waals surface area contributed by atoms with Crippen LogP contribution in [0.2, 0.25) is 0 Å². The van der Waals surface area contributed by atoms with Crippen molar-refractivity contribution >= 4 is 16.9 Å². The summed E-state index contributed by atoms with van der Waals surface area (Å²) in [6.45, 7) is 2.46. The molecule has 0 saturated heterocycles. The Balaban J connectivity index is 1.96. The van der Waals surface area contributed by atoms with Crippen molar-refractivity contribution in [1.82, 2.24) is 9.13 Å². The normalized spacial score (nSPS) is 12.0. The average Bonchev–Trinajstić information content (AvgIpc) is 3.24. The number of ether oxygens (including phenoxy) is 2. The third-order valence-electron chi connectivity index (χ3n) is 5.89. The van der Waals surface area contributed by atoms with Crippen molar-refractivity contribution in [3.63, 3.8) is 0 Å². The Bertz CT molecular complexity index is 1370. The average molecular weight is 447 g/mol. The Kier molecular flexibility index (Phi) is 6.07. The van der Waals surface area contributed by atoms with Gasteiger partial charge in [0.2, 0.25) is 0 Å². The molecule has 0 spiro atoms. The van der Waals surface area contributed by atoms with Gasteiger partial charge in [-0.3, -0.25) is 4.79 Å². The molecule has 4 rings (SSSR count). The highest BCUT2D eigenvalue weighted by atomic mass is 16.5. The lowest BCUT2D eigenvalue weighted by Gasteiger charge is -2.20. The molecule has 1 N–H and O–H groups in total. The first kappa shape index (κ1) is 22.4. The second-order valence-electron chi connectivity index (χ2n) is 7.97. The van der Waals surface area contributed by atoms with Crippen molar-refractivity contribution < 1.29 is 19.4 Å². The number of hydrogen-bond donors (Lipinski definition) is 1. The molecular formula is C26H26N2O5. The van der Waals surface area contributed by atoms with E-state index in [9.17, 15) is 14.7 Å². The molecule has 2 heterocycles. The molecule has 2 aromatic heterocycles. The minimum absolute atomic E-state index is 0.199. The zero-order valence-electron chi connectivity index (χ0n) is 19.0. The van der Waals surface area contributed by atoms with Crippen molar-refractivity contribution in [3.8, 4) is 16.9 Å². The van der Waals surface area contributed by atoms with Crippen molar-refractivity contribution in [2.75, 3.05) is 14.2 Å². The van der Waals surface area contributed by atoms with Gasteiger partial charge >= 0.3 is 5.97 Å². The summed E-state index contributed by atoms with van der Waals surface area (Å²) in [6, 6.07) is 17.2. The molecule has 7 nitrogen and oxygen atoms in total. The van der Waals surface area contributed by atoms with E-state index in [2.05, 4.69) is 0 Å². The fourth-order valence-corrected chi connectivity index (χ4v) is 4.11. The zero-order valence-corrected chi connectivity index (χ0v) is 19.0. The number of esters is 1. The predicted octanol–water partition coefficient (Wildman–Crippen LogP) is 3.58. The zero-order chi connectivity index (χ0) is 23.7. The van der Waals surface area contributed by atoms with Gasteiger partial charge in [-0.2, -0.15) is 0 Å². The van der Waals surface area contributed by atoms with E-state index in [-0.39, 0.29) is 11.3 Å². The van der Waals surface area contributed by atoms with Gasteiger partial charge in [0.1, 0.15) is 11.3 Å². The molecule has 1 unspecified atom stereocenters. The smallest absolute Gasteiger partial charge is 0.340 e. The fourth-order valence-electron chi connectivity index (χ4n) is 4.11. The number of methoxy groups -OCH3 is 2. The van der Waals surface area contributed by atoms with Gasteiger partial charge in [-0.1, -0.05) is 42.0 Å². The van der Waals surface area contributed by atoms with E-state index in [1.54, 1.807) is 14.2 Å². The lowest BCUT2D eigenvalue weighted by Crippen LogP contribution is -2.28. The molecule has 0 aliphatic carbocycles. The highest BCUT2D eigenvalue weighted by Crippen LogP contribution is 2.35. The summed E-state index contributed by atoms with van der Waals surface area (Å²) in [7, 11) is 4.38. The summed E-state index contributed by atoms with van der Waals surface area (Å²) in [5.74, 6) is -0.0643. The number of aryl methyl sites for hydroxylation is 1. The molecule has 4 aromatic rings. The number of carbonyl (C=O) groups excluding carboxylic acids is 1. The number of hydrogen-bond acceptors (Lipinski definition) is 5. The van der Waals surface area contributed by atoms with E-state index in [1.165, 1.54) is 11.7 Å². The van der Waals surface area contributed by atoms with Gasteiger partial charge in [-0.25, -0.2) is 4.79 Å². The fraction of sp³-hybridized carbons (Fsp3) is 0.231. The maximum atomic E-state index is 13.4. The van der Waals surface area contributed by atoms with Crippen molar-refractivity contribution in [3.05, 3.63) is 88.0 Å². The quantitative estimate of drug-likeness (QED) is 0.458. The van der Waals surface area contributed by atoms with Gasteiger partial charge < -0.3 is 23.7 Å². The van der Waals surface area contributed by atoms with Gasteiger partial charge in [0.05, 0.1) is 19.9 Å². The van der Waals surface area contributed by atoms with Crippen LogP contribution in [-0.4, -0.2) is 34.4 Å². The minimum Gasteiger partial charge on any atom is -0.497 e. The molecule has 0 saturated carbocycles. The van der Waals surface area contributed by atoms with E-state index in [4.69, 9.17) is 9.47 Å². The Morgan fingerprint density at radius 2 is 1.70 bits per heavy atom. The SMILES string of the molecule is COC(=O)C(O)c1c(-c2ccc(C)cc2)c2ccn(Cc3ccc(OC)cc3)c2c(=O)n1C. The van der Waals surface area contributed by atoms with Crippen molar-refractivity contribution in [2.24, 2.45) is 7.05 Å². The summed E-state index contributed by atoms with van der Waals surface area (Å²) < 4.78 is 13.2. The molecule has 0 aliphatic heterocycles. The molecular weight excluding hydrogens is 420 g/mol. The monoisotopic (exact) mass is 446 g/mol. The van der Waals surface area contributed by atoms with E-state index in [1.807, 2.05) is 72.3 Å². The van der Waals surface area contributed by atoms with E-state index in [0.717, 1.165) is 22.4 Å². The first-order chi connectivity index (χ1) is 15.8. The minimum atomic E-state index is -1.60. The van der Waals surface area contributed by atoms with Crippen LogP contribution in [0.25, 0.3) is 22.0 Å². The number of benzene rings is 2. The van der Waals surface area contributed by atoms with Gasteiger partial charge in [0.15, 0.2) is 6.10 Å². The lowest BCUT2D eigenvalue weighted by molar-refractivity contribution is -0.151. The molecule has 170 valence electrons. The standard InChI is InChI=1S/C26H26N2O5/c1-16-5-9-18(10-6-16)21-20-13-14-28(15-17-7-11-19(32-3)12-8-17)22(20)25(30)27(2)23(21)24(29)26(31)33-4/h5-14,24,29H,15H2,1-4H3. The molecule has 0 radical (unpaired) electrons. The third-order valence-corrected chi connectivity index (χ3v) is 5.89. The maximum Gasteiger partial charge on any atom is 0.340 e. The predicted molar refractivity (Wildman–Crippen MR) is 126 cm³/mol. The van der Waals surface area contributed by atoms with E-state index in [0.29, 0.717) is 23.0 Å². The molecule has 33 heavy (non-hydrogen) atoms. The van der Waals surface area contributed by atoms with Crippen LogP contribution in [0.3, 0.4) is 0 Å². The van der Waals surface area contributed by atoms with Gasteiger partial charge in [-0.05, 0) is 36.2 Å². The van der Waals surface area contributed by atoms with Crippen LogP contribution in [-0.2, 0) is 23.1 Å². The van der Waals surface area contributed by atoms with Crippen LogP contribution in [0, 0.1) is 6.92 Å². The number of carbonyl (C=O) groups is 1. The summed E-state index contributed by atoms with van der Waals surface area (Å²) in [5, 5.41) is 11.4. The van der Waals surface area contributed by atoms with E-state index < -0.39 is 12.1 Å². The number of fused-ring (bicyclic) bond motifs is 1. The highest BCUT2D eigenvalue weighted by Gasteiger charge is 2.28. The number of rotatable bonds is 6. The van der Waals surface area contributed by atoms with Crippen LogP contribution in [0.1, 0.15) is 22.9 Å². The van der Waals surface area contributed by atoms with Crippen LogP contribution >= 0.6 is 0 Å². The number of pyridine rings is 1. The largest absolute Gasteiger partial charge is 0.497 e. The van der Waals surface area contributed by atoms with Crippen LogP contribution < -0.4 is 10.3 Å². The summed E-state index contributed by atoms with van der Waals surface area (Å²) in [4.78, 5) is 25.7. The van der Waals surface area contributed by atoms with E-state index >= 15 is 0 Å². The van der Waals surface area contributed by atoms with Gasteiger partial charge in [-0.15, -0.1) is 0 Å². The van der Waals surface area contributed by atoms with Crippen molar-refractivity contribution in [2.45, 2.75) is 19.6 Å². The Hall–Kier alpha value is -3.84. The topological polar surface area (TPSA) is 82.7 Å². The van der Waals surface area contributed by atoms with Crippen molar-refractivity contribution in [1.29, 1.82) is 0 Å². The highest BCUT2D eigenvalue weighted by molar-refractivity contribution is 5.98. The number of aliphatic hydroxyl groups excluding tert-OH is 1. The molecule has 0 aliphatic rings. The number of aromatic nitrogens is 2. The molecule has 7 heteroatoms. The van der Waals surface area contributed by atoms with Crippen LogP contribution in [0.4, 0.5) is 0 Å². The Morgan fingerprint density at radius 1 is 1.03 bits per heavy atom.